The zero-order valence-electron chi connectivity index (χ0n) is 21.0. The fourth-order valence-electron chi connectivity index (χ4n) is 4.41. The van der Waals surface area contributed by atoms with Gasteiger partial charge >= 0.3 is 12.4 Å². The van der Waals surface area contributed by atoms with Crippen molar-refractivity contribution in [2.45, 2.75) is 31.9 Å². The fourth-order valence-corrected chi connectivity index (χ4v) is 5.45. The second-order valence-electron chi connectivity index (χ2n) is 9.33. The lowest BCUT2D eigenvalue weighted by molar-refractivity contribution is -0.143. The van der Waals surface area contributed by atoms with Gasteiger partial charge in [-0.2, -0.15) is 31.3 Å². The molecule has 0 bridgehead atoms. The van der Waals surface area contributed by atoms with Crippen LogP contribution >= 0.6 is 11.8 Å². The minimum Gasteiger partial charge on any atom is -0.380 e. The Labute approximate surface area is 225 Å². The summed E-state index contributed by atoms with van der Waals surface area (Å²) >= 11 is 1.27. The first-order valence-corrected chi connectivity index (χ1v) is 12.7. The first kappa shape index (κ1) is 28.7. The third-order valence-electron chi connectivity index (χ3n) is 6.43. The molecule has 1 fully saturated rings. The van der Waals surface area contributed by atoms with Gasteiger partial charge in [0.15, 0.2) is 5.17 Å². The molecular formula is C26H25F6N5OS. The van der Waals surface area contributed by atoms with E-state index in [1.807, 2.05) is 7.05 Å². The molecule has 6 nitrogen and oxygen atoms in total. The Bertz CT molecular complexity index is 1340. The number of halogens is 6. The Balaban J connectivity index is 1.50. The number of alkyl halides is 6. The van der Waals surface area contributed by atoms with Crippen LogP contribution in [-0.4, -0.2) is 59.8 Å². The minimum absolute atomic E-state index is 0.0965. The van der Waals surface area contributed by atoms with Gasteiger partial charge in [-0.05, 0) is 67.2 Å². The molecule has 2 N–H and O–H groups in total. The van der Waals surface area contributed by atoms with Crippen LogP contribution in [0, 0.1) is 5.41 Å². The molecule has 0 spiro atoms. The standard InChI is InChI=1S/C26H25F6N5OS/c1-15-14-36(2)7-8-37(15)24-35-23(38)22(39-24)10-16-3-6-21(18(9-16)12-33)34-13-17-4-5-19(25(27,28)29)11-20(17)26(30,31)32/h3-6,9-12,15,33-34H,7-8,13-14H2,1-2H3/b22-10-,33-12?/t15-/m1/s1. The number of aliphatic imine (C=N–C) groups is 1. The SMILES string of the molecule is C[C@@H]1CN(C)CCN1C1=NC(=O)/C(=C/c2ccc(NCc3ccc(C(F)(F)F)cc3C(F)(F)F)c(C=N)c2)S1. The van der Waals surface area contributed by atoms with Gasteiger partial charge < -0.3 is 20.5 Å². The fraction of sp³-hybridized carbons (Fsp3) is 0.346. The molecule has 2 heterocycles. The normalized spacial score (nSPS) is 19.9. The third kappa shape index (κ3) is 6.64. The van der Waals surface area contributed by atoms with Crippen molar-refractivity contribution in [3.8, 4) is 0 Å². The highest BCUT2D eigenvalue weighted by Crippen LogP contribution is 2.38. The average Bonchev–Trinajstić information content (AvgIpc) is 3.21. The number of anilines is 1. The molecule has 1 saturated heterocycles. The lowest BCUT2D eigenvalue weighted by Crippen LogP contribution is -2.51. The van der Waals surface area contributed by atoms with Crippen LogP contribution in [0.5, 0.6) is 0 Å². The maximum atomic E-state index is 13.5. The van der Waals surface area contributed by atoms with Gasteiger partial charge in [0, 0.05) is 49.7 Å². The number of nitrogens with one attached hydrogen (secondary N) is 2. The second kappa shape index (κ2) is 11.0. The largest absolute Gasteiger partial charge is 0.416 e. The monoisotopic (exact) mass is 569 g/mol. The van der Waals surface area contributed by atoms with Crippen LogP contribution in [-0.2, 0) is 23.7 Å². The van der Waals surface area contributed by atoms with E-state index in [9.17, 15) is 31.1 Å². The van der Waals surface area contributed by atoms with Crippen LogP contribution in [0.1, 0.15) is 34.7 Å². The quantitative estimate of drug-likeness (QED) is 0.265. The smallest absolute Gasteiger partial charge is 0.380 e. The van der Waals surface area contributed by atoms with Crippen molar-refractivity contribution in [2.75, 3.05) is 32.0 Å². The molecule has 13 heteroatoms. The van der Waals surface area contributed by atoms with E-state index < -0.39 is 30.0 Å². The summed E-state index contributed by atoms with van der Waals surface area (Å²) in [6, 6.07) is 6.45. The van der Waals surface area contributed by atoms with Crippen LogP contribution in [0.3, 0.4) is 0 Å². The number of hydrogen-bond acceptors (Lipinski definition) is 6. The maximum absolute atomic E-state index is 13.5. The van der Waals surface area contributed by atoms with Gasteiger partial charge in [0.1, 0.15) is 0 Å². The molecule has 39 heavy (non-hydrogen) atoms. The van der Waals surface area contributed by atoms with Crippen molar-refractivity contribution in [3.05, 3.63) is 69.1 Å². The Morgan fingerprint density at radius 3 is 2.49 bits per heavy atom. The van der Waals surface area contributed by atoms with Crippen molar-refractivity contribution in [1.29, 1.82) is 5.41 Å². The number of benzene rings is 2. The summed E-state index contributed by atoms with van der Waals surface area (Å²) in [5.41, 5.74) is -1.91. The van der Waals surface area contributed by atoms with Crippen LogP contribution in [0.25, 0.3) is 6.08 Å². The molecule has 0 aromatic heterocycles. The Hall–Kier alpha value is -3.32. The summed E-state index contributed by atoms with van der Waals surface area (Å²) in [7, 11) is 2.03. The molecule has 0 saturated carbocycles. The summed E-state index contributed by atoms with van der Waals surface area (Å²) in [4.78, 5) is 21.5. The van der Waals surface area contributed by atoms with Crippen LogP contribution < -0.4 is 5.32 Å². The van der Waals surface area contributed by atoms with Gasteiger partial charge in [0.05, 0.1) is 16.0 Å². The Morgan fingerprint density at radius 1 is 1.10 bits per heavy atom. The number of nitrogens with zero attached hydrogens (tertiary/aromatic N) is 3. The van der Waals surface area contributed by atoms with E-state index in [2.05, 4.69) is 27.0 Å². The van der Waals surface area contributed by atoms with Crippen molar-refractivity contribution in [1.82, 2.24) is 9.80 Å². The summed E-state index contributed by atoms with van der Waals surface area (Å²) < 4.78 is 79.2. The molecule has 0 aliphatic carbocycles. The predicted octanol–water partition coefficient (Wildman–Crippen LogP) is 5.94. The van der Waals surface area contributed by atoms with E-state index in [-0.39, 0.29) is 23.6 Å². The molecule has 208 valence electrons. The van der Waals surface area contributed by atoms with Gasteiger partial charge in [-0.1, -0.05) is 12.1 Å². The number of piperazine rings is 1. The van der Waals surface area contributed by atoms with E-state index in [4.69, 9.17) is 5.41 Å². The van der Waals surface area contributed by atoms with Gasteiger partial charge in [-0.3, -0.25) is 4.79 Å². The Morgan fingerprint density at radius 2 is 1.85 bits per heavy atom. The highest BCUT2D eigenvalue weighted by Gasteiger charge is 2.38. The van der Waals surface area contributed by atoms with E-state index >= 15 is 0 Å². The van der Waals surface area contributed by atoms with Gasteiger partial charge in [-0.15, -0.1) is 0 Å². The number of carbonyl (C=O) groups excluding carboxylic acids is 1. The highest BCUT2D eigenvalue weighted by atomic mass is 32.2. The van der Waals surface area contributed by atoms with Gasteiger partial charge in [-0.25, -0.2) is 0 Å². The van der Waals surface area contributed by atoms with Gasteiger partial charge in [0.25, 0.3) is 5.91 Å². The molecule has 1 atom stereocenters. The van der Waals surface area contributed by atoms with Gasteiger partial charge in [0.2, 0.25) is 0 Å². The summed E-state index contributed by atoms with van der Waals surface area (Å²) in [6.07, 6.45) is -7.25. The van der Waals surface area contributed by atoms with Crippen molar-refractivity contribution in [2.24, 2.45) is 4.99 Å². The first-order chi connectivity index (χ1) is 18.3. The van der Waals surface area contributed by atoms with E-state index in [1.54, 1.807) is 24.3 Å². The summed E-state index contributed by atoms with van der Waals surface area (Å²) in [5, 5.41) is 11.1. The topological polar surface area (TPSA) is 71.8 Å². The van der Waals surface area contributed by atoms with Crippen LogP contribution in [0.2, 0.25) is 0 Å². The third-order valence-corrected chi connectivity index (χ3v) is 7.45. The molecule has 0 radical (unpaired) electrons. The molecule has 2 aliphatic rings. The van der Waals surface area contributed by atoms with E-state index in [1.165, 1.54) is 11.8 Å². The van der Waals surface area contributed by atoms with Crippen molar-refractivity contribution >= 4 is 40.8 Å². The molecule has 2 aromatic carbocycles. The van der Waals surface area contributed by atoms with Crippen molar-refractivity contribution in [3.63, 3.8) is 0 Å². The number of rotatable bonds is 5. The van der Waals surface area contributed by atoms with Crippen LogP contribution in [0.4, 0.5) is 32.0 Å². The number of carbonyl (C=O) groups is 1. The average molecular weight is 570 g/mol. The number of thioether (sulfide) groups is 1. The minimum atomic E-state index is -4.98. The zero-order valence-corrected chi connectivity index (χ0v) is 21.8. The molecule has 4 rings (SSSR count). The van der Waals surface area contributed by atoms with Crippen molar-refractivity contribution < 1.29 is 31.1 Å². The lowest BCUT2D eigenvalue weighted by atomic mass is 10.0. The van der Waals surface area contributed by atoms with Crippen LogP contribution in [0.15, 0.2) is 46.3 Å². The maximum Gasteiger partial charge on any atom is 0.416 e. The number of hydrogen-bond donors (Lipinski definition) is 2. The first-order valence-electron chi connectivity index (χ1n) is 11.9. The zero-order chi connectivity index (χ0) is 28.5. The highest BCUT2D eigenvalue weighted by molar-refractivity contribution is 8.18. The summed E-state index contributed by atoms with van der Waals surface area (Å²) in [5.74, 6) is -0.373. The molecule has 2 aromatic rings. The number of likely N-dealkylation sites (N-methyl/N-ethyl adjacent to an activating group) is 1. The van der Waals surface area contributed by atoms with E-state index in [0.717, 1.165) is 31.9 Å². The summed E-state index contributed by atoms with van der Waals surface area (Å²) in [6.45, 7) is 4.10. The van der Waals surface area contributed by atoms with E-state index in [0.29, 0.717) is 33.0 Å². The lowest BCUT2D eigenvalue weighted by Gasteiger charge is -2.38. The predicted molar refractivity (Wildman–Crippen MR) is 140 cm³/mol. The molecule has 1 amide bonds. The number of amides is 1. The Kier molecular flexibility index (Phi) is 8.12. The second-order valence-corrected chi connectivity index (χ2v) is 10.3. The molecule has 0 unspecified atom stereocenters. The number of amidine groups is 1. The molecular weight excluding hydrogens is 544 g/mol. The molecule has 2 aliphatic heterocycles.